The van der Waals surface area contributed by atoms with Crippen molar-refractivity contribution >= 4 is 11.8 Å². The number of carbonyl (C=O) groups excluding carboxylic acids is 2. The number of hydrogen-bond acceptors (Lipinski definition) is 3. The van der Waals surface area contributed by atoms with E-state index in [-0.39, 0.29) is 17.5 Å². The van der Waals surface area contributed by atoms with E-state index in [2.05, 4.69) is 22.5 Å². The topological polar surface area (TPSA) is 76.0 Å². The van der Waals surface area contributed by atoms with E-state index < -0.39 is 0 Å². The quantitative estimate of drug-likeness (QED) is 0.861. The molecule has 1 aliphatic rings. The highest BCUT2D eigenvalue weighted by atomic mass is 16.2. The van der Waals surface area contributed by atoms with Gasteiger partial charge in [-0.1, -0.05) is 6.92 Å². The molecule has 2 rings (SSSR count). The van der Waals surface area contributed by atoms with E-state index in [0.717, 1.165) is 25.2 Å². The average molecular weight is 278 g/mol. The van der Waals surface area contributed by atoms with Gasteiger partial charge in [-0.25, -0.2) is 4.98 Å². The van der Waals surface area contributed by atoms with Gasteiger partial charge in [0.2, 0.25) is 0 Å². The first kappa shape index (κ1) is 14.6. The predicted octanol–water partition coefficient (Wildman–Crippen LogP) is 0.965. The molecule has 0 fully saturated rings. The fourth-order valence-electron chi connectivity index (χ4n) is 2.54. The molecular formula is C14H22N4O2. The summed E-state index contributed by atoms with van der Waals surface area (Å²) in [5.74, 6) is 0.880. The number of aromatic nitrogens is 2. The van der Waals surface area contributed by atoms with Crippen molar-refractivity contribution in [1.29, 1.82) is 0 Å². The minimum Gasteiger partial charge on any atom is -0.351 e. The number of imidazole rings is 1. The number of nitrogens with zero attached hydrogens (tertiary/aromatic N) is 2. The van der Waals surface area contributed by atoms with Gasteiger partial charge in [-0.3, -0.25) is 9.59 Å². The van der Waals surface area contributed by atoms with Crippen LogP contribution >= 0.6 is 0 Å². The molecule has 6 heteroatoms. The molecule has 0 saturated carbocycles. The Bertz CT molecular complexity index is 521. The Kier molecular flexibility index (Phi) is 4.42. The van der Waals surface area contributed by atoms with Gasteiger partial charge >= 0.3 is 0 Å². The van der Waals surface area contributed by atoms with Crippen LogP contribution in [0.25, 0.3) is 0 Å². The van der Waals surface area contributed by atoms with Crippen LogP contribution in [0.3, 0.4) is 0 Å². The number of carbonyl (C=O) groups is 2. The lowest BCUT2D eigenvalue weighted by atomic mass is 10.0. The first-order valence-corrected chi connectivity index (χ1v) is 7.24. The number of rotatable bonds is 4. The van der Waals surface area contributed by atoms with Gasteiger partial charge in [0.15, 0.2) is 5.69 Å². The summed E-state index contributed by atoms with van der Waals surface area (Å²) >= 11 is 0. The smallest absolute Gasteiger partial charge is 0.272 e. The molecule has 0 saturated heterocycles. The average Bonchev–Trinajstić information content (AvgIpc) is 2.77. The zero-order valence-corrected chi connectivity index (χ0v) is 12.3. The van der Waals surface area contributed by atoms with Gasteiger partial charge in [0.1, 0.15) is 11.5 Å². The molecule has 1 aromatic heterocycles. The molecule has 2 amide bonds. The van der Waals surface area contributed by atoms with E-state index in [1.807, 2.05) is 18.4 Å². The summed E-state index contributed by atoms with van der Waals surface area (Å²) in [6, 6.07) is 0. The van der Waals surface area contributed by atoms with Crippen LogP contribution in [0, 0.1) is 5.92 Å². The monoisotopic (exact) mass is 278 g/mol. The molecule has 6 nitrogen and oxygen atoms in total. The molecule has 110 valence electrons. The van der Waals surface area contributed by atoms with Crippen LogP contribution in [-0.4, -0.2) is 34.5 Å². The summed E-state index contributed by atoms with van der Waals surface area (Å²) in [6.07, 6.45) is 1.82. The summed E-state index contributed by atoms with van der Waals surface area (Å²) < 4.78 is 1.90. The molecule has 0 radical (unpaired) electrons. The standard InChI is InChI=1S/C14H22N4O2/c1-4-15-13(19)11-12(14(20)16-5-2)18-7-6-9(3)8-10(18)17-11/h9H,4-8H2,1-3H3,(H,15,19)(H,16,20). The van der Waals surface area contributed by atoms with E-state index in [4.69, 9.17) is 0 Å². The van der Waals surface area contributed by atoms with Gasteiger partial charge in [-0.15, -0.1) is 0 Å². The number of nitrogens with one attached hydrogen (secondary N) is 2. The SMILES string of the molecule is CCNC(=O)c1nc2n(c1C(=O)NCC)CCC(C)C2. The maximum atomic E-state index is 12.2. The van der Waals surface area contributed by atoms with Gasteiger partial charge in [0.25, 0.3) is 11.8 Å². The van der Waals surface area contributed by atoms with E-state index in [1.165, 1.54) is 0 Å². The molecule has 1 aliphatic heterocycles. The molecule has 2 N–H and O–H groups in total. The zero-order valence-electron chi connectivity index (χ0n) is 12.3. The second-order valence-electron chi connectivity index (χ2n) is 5.19. The van der Waals surface area contributed by atoms with Crippen molar-refractivity contribution in [3.05, 3.63) is 17.2 Å². The Hall–Kier alpha value is -1.85. The highest BCUT2D eigenvalue weighted by Gasteiger charge is 2.29. The predicted molar refractivity (Wildman–Crippen MR) is 75.7 cm³/mol. The molecule has 1 unspecified atom stereocenters. The van der Waals surface area contributed by atoms with E-state index in [9.17, 15) is 9.59 Å². The normalized spacial score (nSPS) is 17.4. The third kappa shape index (κ3) is 2.69. The first-order valence-electron chi connectivity index (χ1n) is 7.24. The zero-order chi connectivity index (χ0) is 14.7. The van der Waals surface area contributed by atoms with Crippen molar-refractivity contribution in [2.24, 2.45) is 5.92 Å². The van der Waals surface area contributed by atoms with Crippen LogP contribution < -0.4 is 10.6 Å². The Balaban J connectivity index is 2.44. The fourth-order valence-corrected chi connectivity index (χ4v) is 2.54. The van der Waals surface area contributed by atoms with Gasteiger partial charge < -0.3 is 15.2 Å². The molecular weight excluding hydrogens is 256 g/mol. The van der Waals surface area contributed by atoms with E-state index in [1.54, 1.807) is 0 Å². The summed E-state index contributed by atoms with van der Waals surface area (Å²) in [5.41, 5.74) is 0.654. The molecule has 0 aliphatic carbocycles. The maximum Gasteiger partial charge on any atom is 0.272 e. The molecule has 2 heterocycles. The maximum absolute atomic E-state index is 12.2. The van der Waals surface area contributed by atoms with Crippen molar-refractivity contribution in [3.8, 4) is 0 Å². The Morgan fingerprint density at radius 1 is 1.25 bits per heavy atom. The van der Waals surface area contributed by atoms with Crippen molar-refractivity contribution in [1.82, 2.24) is 20.2 Å². The highest BCUT2D eigenvalue weighted by Crippen LogP contribution is 2.23. The minimum atomic E-state index is -0.275. The first-order chi connectivity index (χ1) is 9.58. The lowest BCUT2D eigenvalue weighted by Crippen LogP contribution is -2.31. The fraction of sp³-hybridized carbons (Fsp3) is 0.643. The highest BCUT2D eigenvalue weighted by molar-refractivity contribution is 6.05. The molecule has 1 atom stereocenters. The number of amides is 2. The van der Waals surface area contributed by atoms with Crippen LogP contribution in [0.5, 0.6) is 0 Å². The second-order valence-corrected chi connectivity index (χ2v) is 5.19. The molecule has 0 aromatic carbocycles. The Morgan fingerprint density at radius 3 is 2.55 bits per heavy atom. The van der Waals surface area contributed by atoms with Crippen LogP contribution in [0.4, 0.5) is 0 Å². The van der Waals surface area contributed by atoms with Gasteiger partial charge in [-0.05, 0) is 26.2 Å². The number of hydrogen-bond donors (Lipinski definition) is 2. The third-order valence-electron chi connectivity index (χ3n) is 3.53. The largest absolute Gasteiger partial charge is 0.351 e. The van der Waals surface area contributed by atoms with Crippen molar-refractivity contribution in [3.63, 3.8) is 0 Å². The summed E-state index contributed by atoms with van der Waals surface area (Å²) in [7, 11) is 0. The van der Waals surface area contributed by atoms with Crippen molar-refractivity contribution in [2.75, 3.05) is 13.1 Å². The van der Waals surface area contributed by atoms with Crippen LogP contribution in [0.1, 0.15) is 54.0 Å². The molecule has 0 spiro atoms. The summed E-state index contributed by atoms with van der Waals surface area (Å²) in [6.45, 7) is 7.67. The van der Waals surface area contributed by atoms with Gasteiger partial charge in [0.05, 0.1) is 0 Å². The Labute approximate surface area is 119 Å². The molecule has 1 aromatic rings. The number of fused-ring (bicyclic) bond motifs is 1. The van der Waals surface area contributed by atoms with Crippen molar-refractivity contribution in [2.45, 2.75) is 40.2 Å². The molecule has 0 bridgehead atoms. The van der Waals surface area contributed by atoms with Gasteiger partial charge in [-0.2, -0.15) is 0 Å². The second kappa shape index (κ2) is 6.07. The van der Waals surface area contributed by atoms with Crippen LogP contribution in [0.2, 0.25) is 0 Å². The lowest BCUT2D eigenvalue weighted by Gasteiger charge is -2.21. The van der Waals surface area contributed by atoms with E-state index in [0.29, 0.717) is 24.7 Å². The van der Waals surface area contributed by atoms with E-state index >= 15 is 0 Å². The van der Waals surface area contributed by atoms with Crippen LogP contribution in [-0.2, 0) is 13.0 Å². The summed E-state index contributed by atoms with van der Waals surface area (Å²) in [5, 5.41) is 5.49. The molecule has 20 heavy (non-hydrogen) atoms. The van der Waals surface area contributed by atoms with Gasteiger partial charge in [0, 0.05) is 26.1 Å². The minimum absolute atomic E-state index is 0.220. The third-order valence-corrected chi connectivity index (χ3v) is 3.53. The van der Waals surface area contributed by atoms with Crippen molar-refractivity contribution < 1.29 is 9.59 Å². The Morgan fingerprint density at radius 2 is 1.90 bits per heavy atom. The summed E-state index contributed by atoms with van der Waals surface area (Å²) in [4.78, 5) is 28.8. The lowest BCUT2D eigenvalue weighted by molar-refractivity contribution is 0.0912. The van der Waals surface area contributed by atoms with Crippen LogP contribution in [0.15, 0.2) is 0 Å².